The molecule has 0 aliphatic heterocycles. The predicted octanol–water partition coefficient (Wildman–Crippen LogP) is 0.639. The molecule has 0 aromatic carbocycles. The van der Waals surface area contributed by atoms with Gasteiger partial charge in [0.05, 0.1) is 12.8 Å². The van der Waals surface area contributed by atoms with Gasteiger partial charge in [-0.3, -0.25) is 4.79 Å². The van der Waals surface area contributed by atoms with Crippen molar-refractivity contribution >= 4 is 34.9 Å². The SMILES string of the molecule is COC(=O)c1sccc1NC(=O)C[C@H](C)CC(=O)[O-]. The lowest BCUT2D eigenvalue weighted by Gasteiger charge is -2.12. The summed E-state index contributed by atoms with van der Waals surface area (Å²) in [5.41, 5.74) is 0.377. The zero-order chi connectivity index (χ0) is 14.4. The highest BCUT2D eigenvalue weighted by molar-refractivity contribution is 7.12. The largest absolute Gasteiger partial charge is 0.550 e. The van der Waals surface area contributed by atoms with E-state index in [1.54, 1.807) is 18.4 Å². The smallest absolute Gasteiger partial charge is 0.350 e. The number of ether oxygens (including phenoxy) is 1. The van der Waals surface area contributed by atoms with Gasteiger partial charge in [0, 0.05) is 12.4 Å². The molecule has 1 amide bonds. The van der Waals surface area contributed by atoms with Crippen LogP contribution in [0.2, 0.25) is 0 Å². The number of amides is 1. The maximum atomic E-state index is 11.7. The van der Waals surface area contributed by atoms with Crippen LogP contribution in [0, 0.1) is 5.92 Å². The lowest BCUT2D eigenvalue weighted by atomic mass is 10.0. The Hall–Kier alpha value is -1.89. The number of carbonyl (C=O) groups excluding carboxylic acids is 3. The van der Waals surface area contributed by atoms with Gasteiger partial charge in [0.15, 0.2) is 0 Å². The molecule has 0 radical (unpaired) electrons. The topological polar surface area (TPSA) is 95.5 Å². The van der Waals surface area contributed by atoms with E-state index in [9.17, 15) is 19.5 Å². The molecule has 0 fully saturated rings. The molecule has 0 aliphatic carbocycles. The van der Waals surface area contributed by atoms with Crippen LogP contribution < -0.4 is 10.4 Å². The quantitative estimate of drug-likeness (QED) is 0.773. The second kappa shape index (κ2) is 6.89. The van der Waals surface area contributed by atoms with Crippen LogP contribution in [0.15, 0.2) is 11.4 Å². The number of methoxy groups -OCH3 is 1. The third-order valence-corrected chi connectivity index (χ3v) is 3.25. The summed E-state index contributed by atoms with van der Waals surface area (Å²) in [5.74, 6) is -2.39. The summed E-state index contributed by atoms with van der Waals surface area (Å²) < 4.78 is 4.58. The Kier molecular flexibility index (Phi) is 5.50. The lowest BCUT2D eigenvalue weighted by molar-refractivity contribution is -0.306. The van der Waals surface area contributed by atoms with Gasteiger partial charge in [-0.25, -0.2) is 4.79 Å². The summed E-state index contributed by atoms with van der Waals surface area (Å²) in [7, 11) is 1.26. The van der Waals surface area contributed by atoms with Crippen molar-refractivity contribution in [3.8, 4) is 0 Å². The Morgan fingerprint density at radius 2 is 2.11 bits per heavy atom. The van der Waals surface area contributed by atoms with Gasteiger partial charge in [0.1, 0.15) is 4.88 Å². The fourth-order valence-corrected chi connectivity index (χ4v) is 2.30. The van der Waals surface area contributed by atoms with Crippen LogP contribution in [0.25, 0.3) is 0 Å². The molecule has 0 spiro atoms. The van der Waals surface area contributed by atoms with Gasteiger partial charge >= 0.3 is 5.97 Å². The molecule has 0 bridgehead atoms. The fraction of sp³-hybridized carbons (Fsp3) is 0.417. The van der Waals surface area contributed by atoms with Gasteiger partial charge in [0.25, 0.3) is 0 Å². The number of hydrogen-bond donors (Lipinski definition) is 1. The third-order valence-electron chi connectivity index (χ3n) is 2.36. The number of hydrogen-bond acceptors (Lipinski definition) is 6. The van der Waals surface area contributed by atoms with Crippen molar-refractivity contribution in [2.24, 2.45) is 5.92 Å². The van der Waals surface area contributed by atoms with Crippen molar-refractivity contribution in [3.05, 3.63) is 16.3 Å². The van der Waals surface area contributed by atoms with Gasteiger partial charge in [-0.1, -0.05) is 6.92 Å². The molecular weight excluding hydrogens is 270 g/mol. The molecule has 1 rings (SSSR count). The molecule has 1 heterocycles. The number of carboxylic acid groups (broad SMARTS) is 1. The van der Waals surface area contributed by atoms with Gasteiger partial charge < -0.3 is 20.0 Å². The molecule has 0 aliphatic rings. The van der Waals surface area contributed by atoms with E-state index in [4.69, 9.17) is 0 Å². The van der Waals surface area contributed by atoms with E-state index < -0.39 is 11.9 Å². The van der Waals surface area contributed by atoms with Gasteiger partial charge in [0.2, 0.25) is 5.91 Å². The van der Waals surface area contributed by atoms with E-state index in [1.165, 1.54) is 7.11 Å². The van der Waals surface area contributed by atoms with Crippen molar-refractivity contribution < 1.29 is 24.2 Å². The monoisotopic (exact) mass is 284 g/mol. The van der Waals surface area contributed by atoms with Crippen molar-refractivity contribution in [3.63, 3.8) is 0 Å². The van der Waals surface area contributed by atoms with Crippen LogP contribution >= 0.6 is 11.3 Å². The van der Waals surface area contributed by atoms with E-state index in [0.717, 1.165) is 11.3 Å². The number of aliphatic carboxylic acids is 1. The van der Waals surface area contributed by atoms with Crippen LogP contribution in [-0.2, 0) is 14.3 Å². The zero-order valence-electron chi connectivity index (χ0n) is 10.6. The maximum Gasteiger partial charge on any atom is 0.350 e. The van der Waals surface area contributed by atoms with Crippen LogP contribution in [0.1, 0.15) is 29.4 Å². The van der Waals surface area contributed by atoms with E-state index in [2.05, 4.69) is 10.1 Å². The molecule has 0 unspecified atom stereocenters. The van der Waals surface area contributed by atoms with Crippen molar-refractivity contribution in [1.82, 2.24) is 0 Å². The van der Waals surface area contributed by atoms with Crippen LogP contribution in [-0.4, -0.2) is 25.0 Å². The molecule has 1 atom stereocenters. The minimum atomic E-state index is -1.19. The average molecular weight is 284 g/mol. The highest BCUT2D eigenvalue weighted by atomic mass is 32.1. The summed E-state index contributed by atoms with van der Waals surface area (Å²) in [6.07, 6.45) is -0.134. The number of anilines is 1. The molecule has 104 valence electrons. The average Bonchev–Trinajstić information content (AvgIpc) is 2.74. The Bertz CT molecular complexity index is 482. The fourth-order valence-electron chi connectivity index (χ4n) is 1.53. The zero-order valence-corrected chi connectivity index (χ0v) is 11.4. The second-order valence-corrected chi connectivity index (χ2v) is 5.00. The first kappa shape index (κ1) is 15.2. The predicted molar refractivity (Wildman–Crippen MR) is 67.7 cm³/mol. The van der Waals surface area contributed by atoms with Crippen molar-refractivity contribution in [2.75, 3.05) is 12.4 Å². The molecule has 1 aromatic rings. The van der Waals surface area contributed by atoms with Gasteiger partial charge in [-0.05, 0) is 23.8 Å². The Balaban J connectivity index is 2.60. The first-order chi connectivity index (χ1) is 8.93. The van der Waals surface area contributed by atoms with Crippen molar-refractivity contribution in [2.45, 2.75) is 19.8 Å². The number of esters is 1. The molecule has 0 saturated carbocycles. The Morgan fingerprint density at radius 3 is 2.68 bits per heavy atom. The van der Waals surface area contributed by atoms with Crippen LogP contribution in [0.3, 0.4) is 0 Å². The lowest BCUT2D eigenvalue weighted by Crippen LogP contribution is -2.26. The van der Waals surface area contributed by atoms with Crippen LogP contribution in [0.5, 0.6) is 0 Å². The maximum absolute atomic E-state index is 11.7. The van der Waals surface area contributed by atoms with E-state index in [1.807, 2.05) is 0 Å². The molecule has 1 N–H and O–H groups in total. The summed E-state index contributed by atoms with van der Waals surface area (Å²) in [6.45, 7) is 1.64. The number of carboxylic acids is 1. The Morgan fingerprint density at radius 1 is 1.42 bits per heavy atom. The van der Waals surface area contributed by atoms with E-state index >= 15 is 0 Å². The molecule has 0 saturated heterocycles. The summed E-state index contributed by atoms with van der Waals surface area (Å²) >= 11 is 1.16. The molecule has 1 aromatic heterocycles. The van der Waals surface area contributed by atoms with Crippen LogP contribution in [0.4, 0.5) is 5.69 Å². The van der Waals surface area contributed by atoms with Gasteiger partial charge in [-0.15, -0.1) is 11.3 Å². The number of nitrogens with one attached hydrogen (secondary N) is 1. The first-order valence-electron chi connectivity index (χ1n) is 5.59. The summed E-state index contributed by atoms with van der Waals surface area (Å²) in [6, 6.07) is 1.60. The van der Waals surface area contributed by atoms with Gasteiger partial charge in [-0.2, -0.15) is 0 Å². The second-order valence-electron chi connectivity index (χ2n) is 4.09. The minimum Gasteiger partial charge on any atom is -0.550 e. The number of rotatable bonds is 6. The van der Waals surface area contributed by atoms with E-state index in [0.29, 0.717) is 10.6 Å². The Labute approximate surface area is 114 Å². The molecule has 7 heteroatoms. The third kappa shape index (κ3) is 4.70. The van der Waals surface area contributed by atoms with E-state index in [-0.39, 0.29) is 24.7 Å². The van der Waals surface area contributed by atoms with Crippen molar-refractivity contribution in [1.29, 1.82) is 0 Å². The summed E-state index contributed by atoms with van der Waals surface area (Å²) in [5, 5.41) is 14.6. The molecular formula is C12H14NO5S-. The normalized spacial score (nSPS) is 11.7. The number of thiophene rings is 1. The standard InChI is InChI=1S/C12H15NO5S/c1-7(6-10(15)16)5-9(14)13-8-3-4-19-11(8)12(17)18-2/h3-4,7H,5-6H2,1-2H3,(H,13,14)(H,15,16)/p-1/t7-/m0/s1. The highest BCUT2D eigenvalue weighted by Gasteiger charge is 2.16. The summed E-state index contributed by atoms with van der Waals surface area (Å²) in [4.78, 5) is 33.8. The molecule has 19 heavy (non-hydrogen) atoms. The first-order valence-corrected chi connectivity index (χ1v) is 6.47. The minimum absolute atomic E-state index is 0.0461. The number of carbonyl (C=O) groups is 3. The molecule has 6 nitrogen and oxygen atoms in total. The highest BCUT2D eigenvalue weighted by Crippen LogP contribution is 2.23.